The number of hydrogen-bond donors (Lipinski definition) is 0. The molecule has 0 radical (unpaired) electrons. The van der Waals surface area contributed by atoms with Crippen LogP contribution >= 0.6 is 0 Å². The van der Waals surface area contributed by atoms with Crippen molar-refractivity contribution in [3.63, 3.8) is 0 Å². The lowest BCUT2D eigenvalue weighted by Gasteiger charge is -2.45. The van der Waals surface area contributed by atoms with Crippen molar-refractivity contribution in [2.45, 2.75) is 45.6 Å². The SMILES string of the molecule is Cc1cc2c(cc1/C=N\n1cnnc1)[C@H](C)CC(C)(C)N2C. The molecule has 0 saturated heterocycles. The lowest BCUT2D eigenvalue weighted by atomic mass is 9.79. The van der Waals surface area contributed by atoms with Crippen LogP contribution in [0.5, 0.6) is 0 Å². The van der Waals surface area contributed by atoms with Gasteiger partial charge >= 0.3 is 0 Å². The van der Waals surface area contributed by atoms with E-state index in [0.717, 1.165) is 12.0 Å². The number of aromatic nitrogens is 3. The number of nitrogens with zero attached hydrogens (tertiary/aromatic N) is 5. The van der Waals surface area contributed by atoms with Crippen molar-refractivity contribution in [1.82, 2.24) is 14.9 Å². The highest BCUT2D eigenvalue weighted by Crippen LogP contribution is 2.43. The smallest absolute Gasteiger partial charge is 0.141 e. The highest BCUT2D eigenvalue weighted by Gasteiger charge is 2.34. The molecule has 5 nitrogen and oxygen atoms in total. The Bertz CT molecular complexity index is 700. The second kappa shape index (κ2) is 5.23. The van der Waals surface area contributed by atoms with Crippen LogP contribution in [0.3, 0.4) is 0 Å². The first kappa shape index (κ1) is 14.8. The van der Waals surface area contributed by atoms with Crippen LogP contribution < -0.4 is 4.90 Å². The third-order valence-electron chi connectivity index (χ3n) is 4.76. The molecule has 3 rings (SSSR count). The molecular formula is C17H23N5. The Morgan fingerprint density at radius 2 is 1.95 bits per heavy atom. The van der Waals surface area contributed by atoms with Gasteiger partial charge in [0, 0.05) is 18.3 Å². The molecule has 116 valence electrons. The molecule has 0 aliphatic carbocycles. The lowest BCUT2D eigenvalue weighted by molar-refractivity contribution is 0.395. The molecule has 2 aromatic rings. The summed E-state index contributed by atoms with van der Waals surface area (Å²) in [6, 6.07) is 4.55. The van der Waals surface area contributed by atoms with Gasteiger partial charge in [-0.2, -0.15) is 5.10 Å². The molecule has 2 heterocycles. The standard InChI is InChI=1S/C17H23N5/c1-12-6-16-15(13(2)8-17(3,4)21(16)5)7-14(12)9-20-22-10-18-19-11-22/h6-7,9-11,13H,8H2,1-5H3/b20-9-/t13-/m1/s1. The minimum absolute atomic E-state index is 0.191. The van der Waals surface area contributed by atoms with Crippen LogP contribution in [0.2, 0.25) is 0 Å². The number of anilines is 1. The fraction of sp³-hybridized carbons (Fsp3) is 0.471. The van der Waals surface area contributed by atoms with E-state index in [1.54, 1.807) is 17.3 Å². The van der Waals surface area contributed by atoms with E-state index in [9.17, 15) is 0 Å². The third kappa shape index (κ3) is 2.51. The summed E-state index contributed by atoms with van der Waals surface area (Å²) in [5, 5.41) is 11.9. The van der Waals surface area contributed by atoms with Crippen molar-refractivity contribution >= 4 is 11.9 Å². The van der Waals surface area contributed by atoms with Gasteiger partial charge in [-0.25, -0.2) is 4.68 Å². The van der Waals surface area contributed by atoms with Crippen LogP contribution in [-0.2, 0) is 0 Å². The van der Waals surface area contributed by atoms with Crippen LogP contribution in [0.15, 0.2) is 29.9 Å². The van der Waals surface area contributed by atoms with Crippen LogP contribution in [0.1, 0.15) is 49.8 Å². The Kier molecular flexibility index (Phi) is 3.51. The Morgan fingerprint density at radius 1 is 1.27 bits per heavy atom. The maximum absolute atomic E-state index is 4.37. The quantitative estimate of drug-likeness (QED) is 0.800. The van der Waals surface area contributed by atoms with Gasteiger partial charge in [-0.05, 0) is 61.9 Å². The van der Waals surface area contributed by atoms with E-state index in [0.29, 0.717) is 5.92 Å². The summed E-state index contributed by atoms with van der Waals surface area (Å²) in [5.74, 6) is 0.545. The molecule has 0 spiro atoms. The highest BCUT2D eigenvalue weighted by molar-refractivity contribution is 5.84. The summed E-state index contributed by atoms with van der Waals surface area (Å²) < 4.78 is 1.61. The van der Waals surface area contributed by atoms with E-state index in [-0.39, 0.29) is 5.54 Å². The Hall–Kier alpha value is -2.17. The van der Waals surface area contributed by atoms with Gasteiger partial charge in [0.1, 0.15) is 12.7 Å². The van der Waals surface area contributed by atoms with Crippen molar-refractivity contribution in [3.8, 4) is 0 Å². The molecule has 0 saturated carbocycles. The zero-order chi connectivity index (χ0) is 15.9. The van der Waals surface area contributed by atoms with E-state index < -0.39 is 0 Å². The molecular weight excluding hydrogens is 274 g/mol. The molecule has 0 unspecified atom stereocenters. The molecule has 22 heavy (non-hydrogen) atoms. The molecule has 1 atom stereocenters. The summed E-state index contributed by atoms with van der Waals surface area (Å²) in [5.41, 5.74) is 5.30. The van der Waals surface area contributed by atoms with Gasteiger partial charge in [-0.1, -0.05) is 6.92 Å². The molecule has 5 heteroatoms. The zero-order valence-electron chi connectivity index (χ0n) is 13.9. The fourth-order valence-corrected chi connectivity index (χ4v) is 3.26. The molecule has 0 bridgehead atoms. The number of aryl methyl sites for hydroxylation is 1. The summed E-state index contributed by atoms with van der Waals surface area (Å²) >= 11 is 0. The van der Waals surface area contributed by atoms with E-state index in [1.165, 1.54) is 16.8 Å². The largest absolute Gasteiger partial charge is 0.369 e. The average molecular weight is 297 g/mol. The first-order valence-corrected chi connectivity index (χ1v) is 7.66. The van der Waals surface area contributed by atoms with Gasteiger partial charge in [0.2, 0.25) is 0 Å². The van der Waals surface area contributed by atoms with E-state index in [4.69, 9.17) is 0 Å². The number of fused-ring (bicyclic) bond motifs is 1. The van der Waals surface area contributed by atoms with Crippen molar-refractivity contribution in [2.24, 2.45) is 5.10 Å². The minimum Gasteiger partial charge on any atom is -0.369 e. The van der Waals surface area contributed by atoms with Crippen LogP contribution in [0, 0.1) is 6.92 Å². The summed E-state index contributed by atoms with van der Waals surface area (Å²) in [6.45, 7) is 9.06. The van der Waals surface area contributed by atoms with Crippen molar-refractivity contribution in [1.29, 1.82) is 0 Å². The second-order valence-corrected chi connectivity index (χ2v) is 6.83. The highest BCUT2D eigenvalue weighted by atomic mass is 15.4. The molecule has 0 N–H and O–H groups in total. The first-order valence-electron chi connectivity index (χ1n) is 7.66. The summed E-state index contributed by atoms with van der Waals surface area (Å²) in [6.07, 6.45) is 6.21. The first-order chi connectivity index (χ1) is 10.4. The van der Waals surface area contributed by atoms with Crippen molar-refractivity contribution in [2.75, 3.05) is 11.9 Å². The molecule has 1 aromatic carbocycles. The Labute approximate surface area is 131 Å². The van der Waals surface area contributed by atoms with Crippen LogP contribution in [0.4, 0.5) is 5.69 Å². The molecule has 0 fully saturated rings. The van der Waals surface area contributed by atoms with Crippen LogP contribution in [-0.4, -0.2) is 33.7 Å². The van der Waals surface area contributed by atoms with E-state index in [1.807, 2.05) is 6.21 Å². The van der Waals surface area contributed by atoms with E-state index >= 15 is 0 Å². The molecule has 0 amide bonds. The monoisotopic (exact) mass is 297 g/mol. The van der Waals surface area contributed by atoms with Gasteiger partial charge in [-0.15, -0.1) is 10.2 Å². The number of benzene rings is 1. The fourth-order valence-electron chi connectivity index (χ4n) is 3.26. The van der Waals surface area contributed by atoms with Crippen molar-refractivity contribution in [3.05, 3.63) is 41.5 Å². The predicted octanol–water partition coefficient (Wildman–Crippen LogP) is 3.19. The maximum atomic E-state index is 4.37. The zero-order valence-corrected chi connectivity index (χ0v) is 13.9. The maximum Gasteiger partial charge on any atom is 0.141 e. The summed E-state index contributed by atoms with van der Waals surface area (Å²) in [4.78, 5) is 2.40. The van der Waals surface area contributed by atoms with Gasteiger partial charge < -0.3 is 4.90 Å². The van der Waals surface area contributed by atoms with Crippen LogP contribution in [0.25, 0.3) is 0 Å². The lowest BCUT2D eigenvalue weighted by Crippen LogP contribution is -2.45. The van der Waals surface area contributed by atoms with Gasteiger partial charge in [0.05, 0.1) is 6.21 Å². The normalized spacial score (nSPS) is 20.4. The number of rotatable bonds is 2. The van der Waals surface area contributed by atoms with Gasteiger partial charge in [0.15, 0.2) is 0 Å². The third-order valence-corrected chi connectivity index (χ3v) is 4.76. The van der Waals surface area contributed by atoms with Gasteiger partial charge in [0.25, 0.3) is 0 Å². The predicted molar refractivity (Wildman–Crippen MR) is 89.7 cm³/mol. The van der Waals surface area contributed by atoms with Gasteiger partial charge in [-0.3, -0.25) is 0 Å². The summed E-state index contributed by atoms with van der Waals surface area (Å²) in [7, 11) is 2.19. The average Bonchev–Trinajstić information content (AvgIpc) is 2.96. The number of hydrogen-bond acceptors (Lipinski definition) is 4. The second-order valence-electron chi connectivity index (χ2n) is 6.83. The Morgan fingerprint density at radius 3 is 2.64 bits per heavy atom. The molecule has 1 aliphatic heterocycles. The minimum atomic E-state index is 0.191. The molecule has 1 aromatic heterocycles. The Balaban J connectivity index is 2.01. The topological polar surface area (TPSA) is 46.3 Å². The molecule has 1 aliphatic rings. The van der Waals surface area contributed by atoms with Crippen molar-refractivity contribution < 1.29 is 0 Å². The van der Waals surface area contributed by atoms with E-state index in [2.05, 4.69) is 67.1 Å².